The van der Waals surface area contributed by atoms with Crippen LogP contribution in [0.4, 0.5) is 18.9 Å². The Kier molecular flexibility index (Phi) is 5.91. The van der Waals surface area contributed by atoms with Crippen molar-refractivity contribution in [1.29, 1.82) is 0 Å². The maximum absolute atomic E-state index is 12.9. The van der Waals surface area contributed by atoms with Gasteiger partial charge in [0.2, 0.25) is 11.8 Å². The largest absolute Gasteiger partial charge is 0.495 e. The lowest BCUT2D eigenvalue weighted by atomic mass is 10.1. The number of carbonyl (C=O) groups excluding carboxylic acids is 2. The molecule has 0 saturated carbocycles. The first kappa shape index (κ1) is 21.5. The quantitative estimate of drug-likeness (QED) is 0.728. The third kappa shape index (κ3) is 4.34. The molecule has 2 amide bonds. The number of rotatable bonds is 5. The summed E-state index contributed by atoms with van der Waals surface area (Å²) in [5, 5.41) is 0. The van der Waals surface area contributed by atoms with E-state index in [4.69, 9.17) is 9.47 Å². The van der Waals surface area contributed by atoms with Crippen LogP contribution in [0.15, 0.2) is 42.5 Å². The molecule has 1 unspecified atom stereocenters. The molecule has 160 valence electrons. The summed E-state index contributed by atoms with van der Waals surface area (Å²) in [5.41, 5.74) is -0.356. The van der Waals surface area contributed by atoms with Crippen molar-refractivity contribution >= 4 is 17.5 Å². The Morgan fingerprint density at radius 3 is 2.30 bits per heavy atom. The minimum absolute atomic E-state index is 0.0897. The fourth-order valence-corrected chi connectivity index (χ4v) is 3.28. The third-order valence-corrected chi connectivity index (χ3v) is 5.04. The Labute approximate surface area is 171 Å². The summed E-state index contributed by atoms with van der Waals surface area (Å²) in [4.78, 5) is 27.5. The Morgan fingerprint density at radius 2 is 1.77 bits per heavy atom. The van der Waals surface area contributed by atoms with Gasteiger partial charge in [-0.2, -0.15) is 13.2 Å². The number of hydrogen-bond donors (Lipinski definition) is 0. The second-order valence-electron chi connectivity index (χ2n) is 6.91. The maximum atomic E-state index is 12.9. The predicted octanol–water partition coefficient (Wildman–Crippen LogP) is 4.09. The molecule has 0 bridgehead atoms. The van der Waals surface area contributed by atoms with E-state index in [2.05, 4.69) is 0 Å². The van der Waals surface area contributed by atoms with E-state index in [1.807, 2.05) is 0 Å². The van der Waals surface area contributed by atoms with E-state index < -0.39 is 17.8 Å². The first-order chi connectivity index (χ1) is 14.1. The van der Waals surface area contributed by atoms with Gasteiger partial charge in [-0.3, -0.25) is 9.59 Å². The fourth-order valence-electron chi connectivity index (χ4n) is 3.28. The fraction of sp³-hybridized carbons (Fsp3) is 0.333. The Balaban J connectivity index is 1.83. The number of likely N-dealkylation sites (N-methyl/N-ethyl adjacent to an activating group) is 2. The average molecular weight is 422 g/mol. The lowest BCUT2D eigenvalue weighted by molar-refractivity contribution is -0.137. The molecule has 0 N–H and O–H groups in total. The third-order valence-electron chi connectivity index (χ3n) is 5.04. The average Bonchev–Trinajstić information content (AvgIpc) is 3.05. The van der Waals surface area contributed by atoms with Crippen molar-refractivity contribution in [3.8, 4) is 17.2 Å². The van der Waals surface area contributed by atoms with Gasteiger partial charge in [-0.05, 0) is 42.8 Å². The monoisotopic (exact) mass is 422 g/mol. The number of nitrogens with zero attached hydrogens (tertiary/aromatic N) is 2. The zero-order valence-electron chi connectivity index (χ0n) is 16.7. The van der Waals surface area contributed by atoms with Crippen LogP contribution in [0, 0.1) is 0 Å². The number of likely N-dealkylation sites (tertiary alicyclic amines) is 1. The number of methoxy groups -OCH3 is 1. The SMILES string of the molecule is COc1ccc(Oc2ccc(C(F)(F)F)cc2)cc1N(C)C(=O)C1CCC(=O)N1C. The Morgan fingerprint density at radius 1 is 1.13 bits per heavy atom. The molecule has 1 fully saturated rings. The number of carbonyl (C=O) groups is 2. The number of ether oxygens (including phenoxy) is 2. The van der Waals surface area contributed by atoms with E-state index in [0.717, 1.165) is 12.1 Å². The van der Waals surface area contributed by atoms with Crippen molar-refractivity contribution < 1.29 is 32.2 Å². The molecule has 2 aromatic rings. The Bertz CT molecular complexity index is 944. The summed E-state index contributed by atoms with van der Waals surface area (Å²) in [7, 11) is 4.62. The van der Waals surface area contributed by atoms with Gasteiger partial charge in [-0.25, -0.2) is 0 Å². The first-order valence-corrected chi connectivity index (χ1v) is 9.18. The van der Waals surface area contributed by atoms with Gasteiger partial charge in [0.1, 0.15) is 23.3 Å². The highest BCUT2D eigenvalue weighted by atomic mass is 19.4. The summed E-state index contributed by atoms with van der Waals surface area (Å²) in [6.45, 7) is 0. The molecule has 30 heavy (non-hydrogen) atoms. The molecular weight excluding hydrogens is 401 g/mol. The number of hydrogen-bond acceptors (Lipinski definition) is 4. The van der Waals surface area contributed by atoms with Crippen molar-refractivity contribution in [3.05, 3.63) is 48.0 Å². The standard InChI is InChI=1S/C21H21F3N2O4/c1-25-16(9-11-19(25)27)20(28)26(2)17-12-15(8-10-18(17)29-3)30-14-6-4-13(5-7-14)21(22,23)24/h4-8,10,12,16H,9,11H2,1-3H3. The number of benzene rings is 2. The normalized spacial score (nSPS) is 16.5. The molecule has 0 aromatic heterocycles. The lowest BCUT2D eigenvalue weighted by Crippen LogP contribution is -2.43. The first-order valence-electron chi connectivity index (χ1n) is 9.18. The molecule has 0 spiro atoms. The molecule has 6 nitrogen and oxygen atoms in total. The van der Waals surface area contributed by atoms with E-state index in [0.29, 0.717) is 30.0 Å². The highest BCUT2D eigenvalue weighted by Crippen LogP contribution is 2.36. The van der Waals surface area contributed by atoms with E-state index in [1.54, 1.807) is 32.3 Å². The number of halogens is 3. The predicted molar refractivity (Wildman–Crippen MR) is 104 cm³/mol. The lowest BCUT2D eigenvalue weighted by Gasteiger charge is -2.26. The van der Waals surface area contributed by atoms with E-state index in [1.165, 1.54) is 29.0 Å². The Hall–Kier alpha value is -3.23. The van der Waals surface area contributed by atoms with E-state index >= 15 is 0 Å². The number of amides is 2. The summed E-state index contributed by atoms with van der Waals surface area (Å²) < 4.78 is 49.1. The molecule has 1 aliphatic rings. The smallest absolute Gasteiger partial charge is 0.416 e. The van der Waals surface area contributed by atoms with Crippen molar-refractivity contribution in [2.24, 2.45) is 0 Å². The molecule has 1 heterocycles. The zero-order chi connectivity index (χ0) is 22.1. The van der Waals surface area contributed by atoms with Crippen molar-refractivity contribution in [2.45, 2.75) is 25.1 Å². The number of alkyl halides is 3. The van der Waals surface area contributed by atoms with Crippen LogP contribution in [0.1, 0.15) is 18.4 Å². The van der Waals surface area contributed by atoms with E-state index in [-0.39, 0.29) is 17.6 Å². The van der Waals surface area contributed by atoms with Gasteiger partial charge in [0.15, 0.2) is 0 Å². The molecule has 2 aromatic carbocycles. The van der Waals surface area contributed by atoms with Gasteiger partial charge in [-0.1, -0.05) is 0 Å². The highest BCUT2D eigenvalue weighted by molar-refractivity contribution is 6.01. The van der Waals surface area contributed by atoms with Gasteiger partial charge < -0.3 is 19.3 Å². The minimum atomic E-state index is -4.43. The molecule has 1 saturated heterocycles. The van der Waals surface area contributed by atoms with Crippen LogP contribution in [0.25, 0.3) is 0 Å². The van der Waals surface area contributed by atoms with Crippen LogP contribution in [0.5, 0.6) is 17.2 Å². The minimum Gasteiger partial charge on any atom is -0.495 e. The van der Waals surface area contributed by atoms with Crippen molar-refractivity contribution in [3.63, 3.8) is 0 Å². The van der Waals surface area contributed by atoms with Crippen LogP contribution in [-0.2, 0) is 15.8 Å². The van der Waals surface area contributed by atoms with Crippen LogP contribution >= 0.6 is 0 Å². The van der Waals surface area contributed by atoms with Gasteiger partial charge in [0, 0.05) is 26.6 Å². The van der Waals surface area contributed by atoms with Gasteiger partial charge in [0.05, 0.1) is 18.4 Å². The second kappa shape index (κ2) is 8.25. The number of anilines is 1. The highest BCUT2D eigenvalue weighted by Gasteiger charge is 2.36. The van der Waals surface area contributed by atoms with Crippen LogP contribution in [-0.4, -0.2) is 44.0 Å². The van der Waals surface area contributed by atoms with E-state index in [9.17, 15) is 22.8 Å². The topological polar surface area (TPSA) is 59.1 Å². The molecule has 0 radical (unpaired) electrons. The van der Waals surface area contributed by atoms with Crippen molar-refractivity contribution in [1.82, 2.24) is 4.90 Å². The van der Waals surface area contributed by atoms with Crippen molar-refractivity contribution in [2.75, 3.05) is 26.1 Å². The summed E-state index contributed by atoms with van der Waals surface area (Å²) in [6.07, 6.45) is -3.68. The van der Waals surface area contributed by atoms with Crippen LogP contribution < -0.4 is 14.4 Å². The zero-order valence-corrected chi connectivity index (χ0v) is 16.7. The molecule has 1 aliphatic heterocycles. The van der Waals surface area contributed by atoms with Gasteiger partial charge in [0.25, 0.3) is 0 Å². The van der Waals surface area contributed by atoms with Gasteiger partial charge in [-0.15, -0.1) is 0 Å². The molecule has 1 atom stereocenters. The summed E-state index contributed by atoms with van der Waals surface area (Å²) >= 11 is 0. The molecule has 3 rings (SSSR count). The molecule has 9 heteroatoms. The van der Waals surface area contributed by atoms with Gasteiger partial charge >= 0.3 is 6.18 Å². The maximum Gasteiger partial charge on any atom is 0.416 e. The van der Waals surface area contributed by atoms with Crippen LogP contribution in [0.2, 0.25) is 0 Å². The molecule has 0 aliphatic carbocycles. The van der Waals surface area contributed by atoms with Crippen LogP contribution in [0.3, 0.4) is 0 Å². The summed E-state index contributed by atoms with van der Waals surface area (Å²) in [6, 6.07) is 8.50. The molecular formula is C21H21F3N2O4. The summed E-state index contributed by atoms with van der Waals surface area (Å²) in [5.74, 6) is 0.592. The second-order valence-corrected chi connectivity index (χ2v) is 6.91.